The molecular weight excluding hydrogens is 268 g/mol. The quantitative estimate of drug-likeness (QED) is 0.848. The molecule has 21 heavy (non-hydrogen) atoms. The largest absolute Gasteiger partial charge is 0.444 e. The van der Waals surface area contributed by atoms with Gasteiger partial charge in [0.1, 0.15) is 5.60 Å². The summed E-state index contributed by atoms with van der Waals surface area (Å²) in [5.74, 6) is 0.480. The molecule has 5 heteroatoms. The highest BCUT2D eigenvalue weighted by Crippen LogP contribution is 2.15. The van der Waals surface area contributed by atoms with Crippen molar-refractivity contribution in [3.05, 3.63) is 0 Å². The maximum atomic E-state index is 12.2. The Morgan fingerprint density at radius 2 is 2.10 bits per heavy atom. The maximum Gasteiger partial charge on any atom is 0.410 e. The molecular formula is C16H32N2O3. The van der Waals surface area contributed by atoms with E-state index in [-0.39, 0.29) is 6.09 Å². The van der Waals surface area contributed by atoms with E-state index in [0.29, 0.717) is 12.0 Å². The lowest BCUT2D eigenvalue weighted by Crippen LogP contribution is -2.45. The van der Waals surface area contributed by atoms with Gasteiger partial charge in [-0.3, -0.25) is 0 Å². The molecule has 0 radical (unpaired) electrons. The number of likely N-dealkylation sites (tertiary alicyclic amines) is 1. The van der Waals surface area contributed by atoms with Gasteiger partial charge in [-0.25, -0.2) is 4.79 Å². The van der Waals surface area contributed by atoms with E-state index in [9.17, 15) is 4.79 Å². The molecule has 1 fully saturated rings. The van der Waals surface area contributed by atoms with E-state index in [2.05, 4.69) is 12.2 Å². The minimum atomic E-state index is -0.431. The van der Waals surface area contributed by atoms with Crippen LogP contribution in [0.2, 0.25) is 0 Å². The number of nitrogens with zero attached hydrogens (tertiary/aromatic N) is 1. The van der Waals surface area contributed by atoms with Crippen LogP contribution in [0.3, 0.4) is 0 Å². The molecule has 0 aromatic rings. The Morgan fingerprint density at radius 1 is 1.38 bits per heavy atom. The van der Waals surface area contributed by atoms with Gasteiger partial charge in [0.25, 0.3) is 0 Å². The highest BCUT2D eigenvalue weighted by Gasteiger charge is 2.26. The monoisotopic (exact) mass is 300 g/mol. The number of amides is 1. The Morgan fingerprint density at radius 3 is 2.71 bits per heavy atom. The summed E-state index contributed by atoms with van der Waals surface area (Å²) in [4.78, 5) is 14.1. The van der Waals surface area contributed by atoms with Crippen LogP contribution >= 0.6 is 0 Å². The van der Waals surface area contributed by atoms with Crippen molar-refractivity contribution < 1.29 is 14.3 Å². The number of nitrogens with one attached hydrogen (secondary N) is 1. The smallest absolute Gasteiger partial charge is 0.410 e. The van der Waals surface area contributed by atoms with Crippen LogP contribution in [0, 0.1) is 5.92 Å². The van der Waals surface area contributed by atoms with Crippen LogP contribution in [0.4, 0.5) is 4.79 Å². The van der Waals surface area contributed by atoms with Crippen LogP contribution in [0.1, 0.15) is 47.0 Å². The van der Waals surface area contributed by atoms with Crippen LogP contribution in [0.25, 0.3) is 0 Å². The van der Waals surface area contributed by atoms with Gasteiger partial charge in [0, 0.05) is 39.4 Å². The first-order valence-corrected chi connectivity index (χ1v) is 8.02. The van der Waals surface area contributed by atoms with E-state index in [1.807, 2.05) is 25.7 Å². The molecule has 1 N–H and O–H groups in total. The van der Waals surface area contributed by atoms with Crippen molar-refractivity contribution in [2.45, 2.75) is 58.6 Å². The van der Waals surface area contributed by atoms with Crippen molar-refractivity contribution in [1.82, 2.24) is 10.2 Å². The Bertz CT molecular complexity index is 315. The average Bonchev–Trinajstić information content (AvgIpc) is 2.60. The van der Waals surface area contributed by atoms with Gasteiger partial charge in [-0.2, -0.15) is 0 Å². The summed E-state index contributed by atoms with van der Waals surface area (Å²) in [7, 11) is 1.73. The number of ether oxygens (including phenoxy) is 2. The summed E-state index contributed by atoms with van der Waals surface area (Å²) in [5.41, 5.74) is -0.431. The van der Waals surface area contributed by atoms with Gasteiger partial charge in [-0.15, -0.1) is 0 Å². The second kappa shape index (κ2) is 8.59. The van der Waals surface area contributed by atoms with Crippen LogP contribution in [-0.2, 0) is 9.47 Å². The Kier molecular flexibility index (Phi) is 7.46. The van der Waals surface area contributed by atoms with E-state index in [0.717, 1.165) is 45.5 Å². The predicted octanol–water partition coefficient (Wildman–Crippen LogP) is 2.65. The molecule has 0 spiro atoms. The zero-order valence-corrected chi connectivity index (χ0v) is 14.3. The van der Waals surface area contributed by atoms with Gasteiger partial charge in [0.2, 0.25) is 0 Å². The Hall–Kier alpha value is -0.810. The summed E-state index contributed by atoms with van der Waals surface area (Å²) >= 11 is 0. The molecule has 1 amide bonds. The van der Waals surface area contributed by atoms with Crippen molar-refractivity contribution in [3.63, 3.8) is 0 Å². The molecule has 2 atom stereocenters. The zero-order valence-electron chi connectivity index (χ0n) is 14.3. The third-order valence-electron chi connectivity index (χ3n) is 3.53. The molecule has 0 saturated carbocycles. The molecule has 0 aromatic heterocycles. The number of carbonyl (C=O) groups excluding carboxylic acids is 1. The fraction of sp³-hybridized carbons (Fsp3) is 0.938. The molecule has 1 aliphatic rings. The van der Waals surface area contributed by atoms with Crippen LogP contribution < -0.4 is 5.32 Å². The van der Waals surface area contributed by atoms with E-state index in [4.69, 9.17) is 9.47 Å². The van der Waals surface area contributed by atoms with Crippen molar-refractivity contribution >= 4 is 6.09 Å². The molecule has 2 unspecified atom stereocenters. The fourth-order valence-corrected chi connectivity index (χ4v) is 2.51. The first-order valence-electron chi connectivity index (χ1n) is 8.02. The van der Waals surface area contributed by atoms with Gasteiger partial charge in [0.05, 0.1) is 0 Å². The number of methoxy groups -OCH3 is 1. The summed E-state index contributed by atoms with van der Waals surface area (Å²) in [6.45, 7) is 11.1. The number of hydrogen-bond acceptors (Lipinski definition) is 4. The lowest BCUT2D eigenvalue weighted by Gasteiger charge is -2.29. The van der Waals surface area contributed by atoms with Crippen LogP contribution in [0.5, 0.6) is 0 Å². The maximum absolute atomic E-state index is 12.2. The minimum Gasteiger partial charge on any atom is -0.444 e. The second-order valence-corrected chi connectivity index (χ2v) is 7.09. The molecule has 1 saturated heterocycles. The summed E-state index contributed by atoms with van der Waals surface area (Å²) < 4.78 is 10.6. The van der Waals surface area contributed by atoms with E-state index in [1.165, 1.54) is 0 Å². The van der Waals surface area contributed by atoms with Gasteiger partial charge < -0.3 is 19.7 Å². The molecule has 124 valence electrons. The van der Waals surface area contributed by atoms with Crippen molar-refractivity contribution in [1.29, 1.82) is 0 Å². The lowest BCUT2D eigenvalue weighted by molar-refractivity contribution is 0.0242. The second-order valence-electron chi connectivity index (χ2n) is 7.09. The first-order chi connectivity index (χ1) is 9.81. The zero-order chi connectivity index (χ0) is 15.9. The standard InChI is InChI=1S/C16H32N2O3/c1-13(12-20-5)10-17-14-8-6-7-9-18(11-14)15(19)21-16(2,3)4/h13-14,17H,6-12H2,1-5H3. The normalized spacial score (nSPS) is 21.8. The third kappa shape index (κ3) is 7.67. The van der Waals surface area contributed by atoms with Crippen molar-refractivity contribution in [2.24, 2.45) is 5.92 Å². The molecule has 5 nitrogen and oxygen atoms in total. The SMILES string of the molecule is COCC(C)CNC1CCCCN(C(=O)OC(C)(C)C)C1. The van der Waals surface area contributed by atoms with E-state index in [1.54, 1.807) is 7.11 Å². The van der Waals surface area contributed by atoms with Gasteiger partial charge in [-0.05, 0) is 39.5 Å². The topological polar surface area (TPSA) is 50.8 Å². The summed E-state index contributed by atoms with van der Waals surface area (Å²) in [5, 5.41) is 3.56. The van der Waals surface area contributed by atoms with E-state index >= 15 is 0 Å². The predicted molar refractivity (Wildman–Crippen MR) is 84.5 cm³/mol. The van der Waals surface area contributed by atoms with Crippen molar-refractivity contribution in [3.8, 4) is 0 Å². The fourth-order valence-electron chi connectivity index (χ4n) is 2.51. The van der Waals surface area contributed by atoms with Gasteiger partial charge in [-0.1, -0.05) is 13.3 Å². The van der Waals surface area contributed by atoms with Crippen LogP contribution in [-0.4, -0.2) is 56.0 Å². The first kappa shape index (κ1) is 18.2. The third-order valence-corrected chi connectivity index (χ3v) is 3.53. The highest BCUT2D eigenvalue weighted by atomic mass is 16.6. The number of hydrogen-bond donors (Lipinski definition) is 1. The summed E-state index contributed by atoms with van der Waals surface area (Å²) in [6, 6.07) is 0.347. The molecule has 0 bridgehead atoms. The Balaban J connectivity index is 2.46. The average molecular weight is 300 g/mol. The highest BCUT2D eigenvalue weighted by molar-refractivity contribution is 5.68. The lowest BCUT2D eigenvalue weighted by atomic mass is 10.1. The van der Waals surface area contributed by atoms with E-state index < -0.39 is 5.60 Å². The number of carbonyl (C=O) groups is 1. The van der Waals surface area contributed by atoms with Gasteiger partial charge >= 0.3 is 6.09 Å². The van der Waals surface area contributed by atoms with Gasteiger partial charge in [0.15, 0.2) is 0 Å². The molecule has 1 aliphatic heterocycles. The Labute approximate surface area is 129 Å². The van der Waals surface area contributed by atoms with Crippen molar-refractivity contribution in [2.75, 3.05) is 33.4 Å². The molecule has 0 aliphatic carbocycles. The molecule has 1 heterocycles. The summed E-state index contributed by atoms with van der Waals surface area (Å²) in [6.07, 6.45) is 3.11. The number of rotatable bonds is 5. The van der Waals surface area contributed by atoms with Crippen LogP contribution in [0.15, 0.2) is 0 Å². The molecule has 0 aromatic carbocycles. The molecule has 1 rings (SSSR count). The minimum absolute atomic E-state index is 0.193.